The van der Waals surface area contributed by atoms with Gasteiger partial charge in [0.25, 0.3) is 0 Å². The summed E-state index contributed by atoms with van der Waals surface area (Å²) in [5, 5.41) is 3.51. The molecular formula is C45H43N5. The van der Waals surface area contributed by atoms with Crippen molar-refractivity contribution in [2.45, 2.75) is 26.9 Å². The van der Waals surface area contributed by atoms with Crippen molar-refractivity contribution in [1.29, 1.82) is 0 Å². The lowest BCUT2D eigenvalue weighted by Gasteiger charge is -2.18. The summed E-state index contributed by atoms with van der Waals surface area (Å²) in [4.78, 5) is 16.8. The molecule has 2 heterocycles. The van der Waals surface area contributed by atoms with Gasteiger partial charge in [-0.1, -0.05) is 129 Å². The monoisotopic (exact) mass is 653 g/mol. The summed E-state index contributed by atoms with van der Waals surface area (Å²) in [6.45, 7) is 13.3. The number of aliphatic imine (C=N–C) groups is 3. The lowest BCUT2D eigenvalue weighted by Crippen LogP contribution is -2.06. The van der Waals surface area contributed by atoms with Crippen LogP contribution in [0.2, 0.25) is 0 Å². The molecule has 1 aromatic heterocycles. The Morgan fingerprint density at radius 1 is 0.640 bits per heavy atom. The van der Waals surface area contributed by atoms with Crippen LogP contribution in [0.1, 0.15) is 36.1 Å². The second-order valence-corrected chi connectivity index (χ2v) is 11.3. The number of hydrogen-bond acceptors (Lipinski definition) is 4. The van der Waals surface area contributed by atoms with Crippen LogP contribution in [-0.4, -0.2) is 30.8 Å². The minimum atomic E-state index is 0.596. The van der Waals surface area contributed by atoms with Gasteiger partial charge in [-0.3, -0.25) is 15.0 Å². The number of benzene rings is 5. The topological polar surface area (TPSA) is 62.0 Å². The first-order chi connectivity index (χ1) is 24.7. The van der Waals surface area contributed by atoms with Gasteiger partial charge in [0.1, 0.15) is 0 Å². The zero-order valence-electron chi connectivity index (χ0n) is 28.8. The van der Waals surface area contributed by atoms with Gasteiger partial charge in [0, 0.05) is 35.8 Å². The molecule has 5 nitrogen and oxygen atoms in total. The van der Waals surface area contributed by atoms with Crippen molar-refractivity contribution in [1.82, 2.24) is 4.98 Å². The van der Waals surface area contributed by atoms with Gasteiger partial charge in [-0.15, -0.1) is 0 Å². The number of hydrogen-bond donors (Lipinski definition) is 1. The average molecular weight is 654 g/mol. The van der Waals surface area contributed by atoms with Crippen LogP contribution in [0, 0.1) is 0 Å². The Labute approximate surface area is 296 Å². The van der Waals surface area contributed by atoms with E-state index in [4.69, 9.17) is 0 Å². The maximum absolute atomic E-state index is 4.57. The van der Waals surface area contributed by atoms with Crippen molar-refractivity contribution in [3.05, 3.63) is 174 Å². The summed E-state index contributed by atoms with van der Waals surface area (Å²) in [6.07, 6.45) is 7.97. The largest absolute Gasteiger partial charge is 0.381 e. The Hall–Kier alpha value is -6.20. The summed E-state index contributed by atoms with van der Waals surface area (Å²) in [7, 11) is 0. The number of rotatable bonds is 8. The van der Waals surface area contributed by atoms with Gasteiger partial charge >= 0.3 is 0 Å². The van der Waals surface area contributed by atoms with E-state index in [-0.39, 0.29) is 0 Å². The minimum Gasteiger partial charge on any atom is -0.381 e. The summed E-state index contributed by atoms with van der Waals surface area (Å²) < 4.78 is 0. The molecule has 6 aromatic rings. The zero-order chi connectivity index (χ0) is 35.0. The van der Waals surface area contributed by atoms with Gasteiger partial charge in [-0.2, -0.15) is 0 Å². The van der Waals surface area contributed by atoms with Crippen LogP contribution in [0.15, 0.2) is 167 Å². The molecule has 50 heavy (non-hydrogen) atoms. The summed E-state index contributed by atoms with van der Waals surface area (Å²) in [5.41, 5.74) is 12.9. The molecule has 0 radical (unpaired) electrons. The van der Waals surface area contributed by atoms with Gasteiger partial charge in [-0.25, -0.2) is 4.99 Å². The molecular weight excluding hydrogens is 611 g/mol. The van der Waals surface area contributed by atoms with E-state index < -0.39 is 0 Å². The third-order valence-electron chi connectivity index (χ3n) is 8.06. The van der Waals surface area contributed by atoms with Gasteiger partial charge in [0.05, 0.1) is 13.1 Å². The molecule has 0 spiro atoms. The van der Waals surface area contributed by atoms with Crippen molar-refractivity contribution in [2.75, 3.05) is 11.9 Å². The highest BCUT2D eigenvalue weighted by molar-refractivity contribution is 6.01. The van der Waals surface area contributed by atoms with Crippen LogP contribution in [0.3, 0.4) is 0 Å². The summed E-state index contributed by atoms with van der Waals surface area (Å²) in [6, 6.07) is 45.8. The highest BCUT2D eigenvalue weighted by Gasteiger charge is 2.13. The molecule has 7 rings (SSSR count). The number of anilines is 1. The highest BCUT2D eigenvalue weighted by atomic mass is 14.9. The molecule has 0 saturated heterocycles. The van der Waals surface area contributed by atoms with Gasteiger partial charge < -0.3 is 5.32 Å². The molecule has 0 fully saturated rings. The SMILES string of the molecule is C=NC(=NCc1ccc(-c2ccccc2)cc1)c1ccccc1.C=NCc1cc(-c2ccncc2)cc(-c2cccc3c2NCC=C3)c1.CC. The fraction of sp³-hybridized carbons (Fsp3) is 0.111. The predicted octanol–water partition coefficient (Wildman–Crippen LogP) is 11.1. The molecule has 0 saturated carbocycles. The molecule has 1 N–H and O–H groups in total. The smallest absolute Gasteiger partial charge is 0.154 e. The van der Waals surface area contributed by atoms with E-state index in [1.54, 1.807) is 0 Å². The minimum absolute atomic E-state index is 0.596. The standard InChI is InChI=1S/C22H19N3.C21H18N2.C2H6/c1-23-15-16-12-19(17-7-10-24-11-8-17)14-20(13-16)21-6-2-4-18-5-3-9-25-22(18)21;1-22-21(20-10-6-3-7-11-20)23-16-17-12-14-19(15-13-17)18-8-4-2-5-9-18;1-2/h2-8,10-14,25H,1,9,15H2;2-15H,1,16H2;1-2H3. The van der Waals surface area contributed by atoms with Crippen molar-refractivity contribution in [2.24, 2.45) is 15.0 Å². The molecule has 0 amide bonds. The Morgan fingerprint density at radius 2 is 1.30 bits per heavy atom. The quantitative estimate of drug-likeness (QED) is 0.131. The van der Waals surface area contributed by atoms with E-state index in [0.717, 1.165) is 28.8 Å². The van der Waals surface area contributed by atoms with Crippen molar-refractivity contribution >= 4 is 31.0 Å². The molecule has 0 unspecified atom stereocenters. The lowest BCUT2D eigenvalue weighted by molar-refractivity contribution is 1.06. The highest BCUT2D eigenvalue weighted by Crippen LogP contribution is 2.36. The second kappa shape index (κ2) is 18.4. The molecule has 5 heteroatoms. The summed E-state index contributed by atoms with van der Waals surface area (Å²) in [5.74, 6) is 0.678. The second-order valence-electron chi connectivity index (χ2n) is 11.3. The van der Waals surface area contributed by atoms with E-state index in [1.807, 2.05) is 74.8 Å². The van der Waals surface area contributed by atoms with E-state index >= 15 is 0 Å². The zero-order valence-corrected chi connectivity index (χ0v) is 28.8. The molecule has 0 aliphatic carbocycles. The lowest BCUT2D eigenvalue weighted by atomic mass is 9.93. The molecule has 248 valence electrons. The van der Waals surface area contributed by atoms with Crippen LogP contribution in [0.4, 0.5) is 5.69 Å². The predicted molar refractivity (Wildman–Crippen MR) is 215 cm³/mol. The molecule has 1 aliphatic rings. The fourth-order valence-electron chi connectivity index (χ4n) is 5.69. The maximum atomic E-state index is 4.57. The van der Waals surface area contributed by atoms with Crippen molar-refractivity contribution in [3.63, 3.8) is 0 Å². The van der Waals surface area contributed by atoms with Gasteiger partial charge in [-0.05, 0) is 88.3 Å². The van der Waals surface area contributed by atoms with Gasteiger partial charge in [0.15, 0.2) is 5.84 Å². The average Bonchev–Trinajstić information content (AvgIpc) is 3.20. The van der Waals surface area contributed by atoms with Crippen LogP contribution in [0.25, 0.3) is 39.5 Å². The number of nitrogens with zero attached hydrogens (tertiary/aromatic N) is 4. The van der Waals surface area contributed by atoms with Crippen molar-refractivity contribution < 1.29 is 0 Å². The Kier molecular flexibility index (Phi) is 12.9. The Morgan fingerprint density at radius 3 is 2.00 bits per heavy atom. The first-order valence-electron chi connectivity index (χ1n) is 16.9. The Bertz CT molecular complexity index is 2030. The van der Waals surface area contributed by atoms with Crippen molar-refractivity contribution in [3.8, 4) is 33.4 Å². The number of nitrogens with one attached hydrogen (secondary N) is 1. The third kappa shape index (κ3) is 9.24. The number of amidine groups is 1. The maximum Gasteiger partial charge on any atom is 0.154 e. The van der Waals surface area contributed by atoms with Crippen LogP contribution in [-0.2, 0) is 13.1 Å². The number of pyridine rings is 1. The molecule has 0 bridgehead atoms. The fourth-order valence-corrected chi connectivity index (χ4v) is 5.69. The van der Waals surface area contributed by atoms with Crippen LogP contribution in [0.5, 0.6) is 0 Å². The first-order valence-corrected chi connectivity index (χ1v) is 16.9. The van der Waals surface area contributed by atoms with E-state index in [0.29, 0.717) is 18.9 Å². The number of aromatic nitrogens is 1. The third-order valence-corrected chi connectivity index (χ3v) is 8.06. The first kappa shape index (κ1) is 35.1. The van der Waals surface area contributed by atoms with Crippen LogP contribution >= 0.6 is 0 Å². The molecule has 1 aliphatic heterocycles. The normalized spacial score (nSPS) is 11.4. The van der Waals surface area contributed by atoms with E-state index in [2.05, 4.69) is 136 Å². The summed E-state index contributed by atoms with van der Waals surface area (Å²) >= 11 is 0. The molecule has 0 atom stereocenters. The molecule has 5 aromatic carbocycles. The van der Waals surface area contributed by atoms with Gasteiger partial charge in [0.2, 0.25) is 0 Å². The number of fused-ring (bicyclic) bond motifs is 1. The Balaban J connectivity index is 0.000000186. The number of para-hydroxylation sites is 1. The van der Waals surface area contributed by atoms with E-state index in [9.17, 15) is 0 Å². The van der Waals surface area contributed by atoms with E-state index in [1.165, 1.54) is 39.1 Å². The van der Waals surface area contributed by atoms with Crippen LogP contribution < -0.4 is 5.32 Å².